The summed E-state index contributed by atoms with van der Waals surface area (Å²) >= 11 is 5.61. The van der Waals surface area contributed by atoms with E-state index in [2.05, 4.69) is 10.4 Å². The number of nitrogens with one attached hydrogen (secondary N) is 1. The molecule has 0 spiro atoms. The van der Waals surface area contributed by atoms with Crippen LogP contribution >= 0.6 is 11.6 Å². The van der Waals surface area contributed by atoms with E-state index in [0.717, 1.165) is 18.5 Å². The van der Waals surface area contributed by atoms with Crippen LogP contribution in [0, 0.1) is 15.9 Å². The second-order valence-corrected chi connectivity index (χ2v) is 4.64. The van der Waals surface area contributed by atoms with Gasteiger partial charge in [0.25, 0.3) is 0 Å². The first-order valence-electron chi connectivity index (χ1n) is 5.83. The van der Waals surface area contributed by atoms with E-state index in [1.54, 1.807) is 0 Å². The van der Waals surface area contributed by atoms with Crippen molar-refractivity contribution in [3.63, 3.8) is 0 Å². The van der Waals surface area contributed by atoms with Crippen molar-refractivity contribution in [1.29, 1.82) is 0 Å². The van der Waals surface area contributed by atoms with Gasteiger partial charge in [-0.15, -0.1) is 0 Å². The van der Waals surface area contributed by atoms with Crippen LogP contribution < -0.4 is 5.32 Å². The van der Waals surface area contributed by atoms with Crippen LogP contribution in [0.25, 0.3) is 0 Å². The highest BCUT2D eigenvalue weighted by molar-refractivity contribution is 6.31. The molecule has 7 nitrogen and oxygen atoms in total. The van der Waals surface area contributed by atoms with Gasteiger partial charge in [0, 0.05) is 5.69 Å². The molecule has 0 aliphatic rings. The summed E-state index contributed by atoms with van der Waals surface area (Å²) in [6.07, 6.45) is 2.21. The maximum Gasteiger partial charge on any atom is 0.307 e. The van der Waals surface area contributed by atoms with Gasteiger partial charge in [-0.2, -0.15) is 5.10 Å². The molecule has 0 saturated heterocycles. The molecule has 1 amide bonds. The minimum atomic E-state index is -0.775. The molecular weight excluding hydrogens is 303 g/mol. The molecule has 2 rings (SSSR count). The van der Waals surface area contributed by atoms with Gasteiger partial charge in [-0.1, -0.05) is 11.6 Å². The topological polar surface area (TPSA) is 90.1 Å². The molecule has 0 aliphatic carbocycles. The normalized spacial score (nSPS) is 12.0. The first-order valence-corrected chi connectivity index (χ1v) is 6.20. The van der Waals surface area contributed by atoms with E-state index in [4.69, 9.17) is 11.6 Å². The number of nitro groups is 1. The average molecular weight is 313 g/mol. The van der Waals surface area contributed by atoms with E-state index in [1.165, 1.54) is 23.7 Å². The van der Waals surface area contributed by atoms with E-state index in [1.807, 2.05) is 0 Å². The first kappa shape index (κ1) is 14.9. The Kier molecular flexibility index (Phi) is 4.18. The van der Waals surface area contributed by atoms with Gasteiger partial charge in [-0.25, -0.2) is 4.39 Å². The molecule has 21 heavy (non-hydrogen) atoms. The summed E-state index contributed by atoms with van der Waals surface area (Å²) in [7, 11) is 0. The first-order chi connectivity index (χ1) is 9.88. The largest absolute Gasteiger partial charge is 0.324 e. The van der Waals surface area contributed by atoms with E-state index < -0.39 is 22.7 Å². The molecule has 0 fully saturated rings. The molecule has 0 aliphatic heterocycles. The zero-order valence-corrected chi connectivity index (χ0v) is 11.5. The third-order valence-electron chi connectivity index (χ3n) is 2.76. The molecule has 1 heterocycles. The predicted octanol–water partition coefficient (Wildman–Crippen LogP) is 2.78. The monoisotopic (exact) mass is 312 g/mol. The van der Waals surface area contributed by atoms with Crippen molar-refractivity contribution in [3.05, 3.63) is 51.5 Å². The Hall–Kier alpha value is -2.48. The molecule has 110 valence electrons. The Bertz CT molecular complexity index is 704. The van der Waals surface area contributed by atoms with Gasteiger partial charge in [0.2, 0.25) is 5.91 Å². The molecule has 1 aromatic carbocycles. The number of hydrogen-bond acceptors (Lipinski definition) is 4. The van der Waals surface area contributed by atoms with Gasteiger partial charge >= 0.3 is 5.69 Å². The fourth-order valence-corrected chi connectivity index (χ4v) is 1.76. The lowest BCUT2D eigenvalue weighted by atomic mass is 10.2. The molecule has 1 atom stereocenters. The van der Waals surface area contributed by atoms with Crippen LogP contribution in [0.1, 0.15) is 13.0 Å². The van der Waals surface area contributed by atoms with Crippen LogP contribution in [-0.4, -0.2) is 20.6 Å². The second-order valence-electron chi connectivity index (χ2n) is 4.23. The standard InChI is InChI=1S/C12H10ClFN4O3/c1-7(17-6-9(5-15-17)18(20)21)12(19)16-8-2-3-11(14)10(13)4-8/h2-7H,1H3,(H,16,19)/t7-/m0/s1. The van der Waals surface area contributed by atoms with E-state index >= 15 is 0 Å². The Morgan fingerprint density at radius 3 is 2.86 bits per heavy atom. The highest BCUT2D eigenvalue weighted by atomic mass is 35.5. The maximum atomic E-state index is 13.0. The number of benzene rings is 1. The quantitative estimate of drug-likeness (QED) is 0.694. The van der Waals surface area contributed by atoms with E-state index in [0.29, 0.717) is 5.69 Å². The number of nitrogens with zero attached hydrogens (tertiary/aromatic N) is 3. The van der Waals surface area contributed by atoms with Crippen molar-refractivity contribution in [2.75, 3.05) is 5.32 Å². The summed E-state index contributed by atoms with van der Waals surface area (Å²) in [6, 6.07) is 2.98. The number of amides is 1. The fourth-order valence-electron chi connectivity index (χ4n) is 1.57. The third-order valence-corrected chi connectivity index (χ3v) is 3.05. The molecule has 0 unspecified atom stereocenters. The fraction of sp³-hybridized carbons (Fsp3) is 0.167. The molecular formula is C12H10ClFN4O3. The Morgan fingerprint density at radius 2 is 2.29 bits per heavy atom. The summed E-state index contributed by atoms with van der Waals surface area (Å²) in [6.45, 7) is 1.52. The van der Waals surface area contributed by atoms with Crippen molar-refractivity contribution in [3.8, 4) is 0 Å². The van der Waals surface area contributed by atoms with E-state index in [-0.39, 0.29) is 10.7 Å². The molecule has 2 aromatic rings. The van der Waals surface area contributed by atoms with Gasteiger partial charge in [-0.05, 0) is 25.1 Å². The lowest BCUT2D eigenvalue weighted by Crippen LogP contribution is -2.24. The second kappa shape index (κ2) is 5.88. The Morgan fingerprint density at radius 1 is 1.57 bits per heavy atom. The van der Waals surface area contributed by atoms with Gasteiger partial charge in [-0.3, -0.25) is 19.6 Å². The zero-order valence-electron chi connectivity index (χ0n) is 10.8. The summed E-state index contributed by atoms with van der Waals surface area (Å²) in [5.74, 6) is -1.05. The molecule has 1 aromatic heterocycles. The number of aromatic nitrogens is 2. The maximum absolute atomic E-state index is 13.0. The van der Waals surface area contributed by atoms with Crippen molar-refractivity contribution < 1.29 is 14.1 Å². The summed E-state index contributed by atoms with van der Waals surface area (Å²) in [4.78, 5) is 22.0. The average Bonchev–Trinajstić information content (AvgIpc) is 2.92. The molecule has 0 radical (unpaired) electrons. The van der Waals surface area contributed by atoms with Gasteiger partial charge in [0.05, 0.1) is 9.95 Å². The van der Waals surface area contributed by atoms with Crippen LogP contribution in [0.5, 0.6) is 0 Å². The Labute approximate surface area is 123 Å². The number of carbonyl (C=O) groups excluding carboxylic acids is 1. The Balaban J connectivity index is 2.11. The highest BCUT2D eigenvalue weighted by Crippen LogP contribution is 2.20. The van der Waals surface area contributed by atoms with Gasteiger partial charge < -0.3 is 5.32 Å². The molecule has 1 N–H and O–H groups in total. The lowest BCUT2D eigenvalue weighted by Gasteiger charge is -2.12. The summed E-state index contributed by atoms with van der Waals surface area (Å²) in [5.41, 5.74) is 0.111. The summed E-state index contributed by atoms with van der Waals surface area (Å²) in [5, 5.41) is 16.7. The van der Waals surface area contributed by atoms with E-state index in [9.17, 15) is 19.3 Å². The molecule has 0 bridgehead atoms. The smallest absolute Gasteiger partial charge is 0.307 e. The molecule has 9 heteroatoms. The highest BCUT2D eigenvalue weighted by Gasteiger charge is 2.19. The summed E-state index contributed by atoms with van der Waals surface area (Å²) < 4.78 is 14.2. The van der Waals surface area contributed by atoms with Crippen LogP contribution in [-0.2, 0) is 4.79 Å². The van der Waals surface area contributed by atoms with Crippen LogP contribution in [0.3, 0.4) is 0 Å². The number of rotatable bonds is 4. The van der Waals surface area contributed by atoms with Crippen LogP contribution in [0.15, 0.2) is 30.6 Å². The molecule has 0 saturated carbocycles. The van der Waals surface area contributed by atoms with Crippen LogP contribution in [0.2, 0.25) is 5.02 Å². The van der Waals surface area contributed by atoms with Gasteiger partial charge in [0.15, 0.2) is 0 Å². The third kappa shape index (κ3) is 3.34. The predicted molar refractivity (Wildman–Crippen MR) is 73.6 cm³/mol. The number of carbonyl (C=O) groups is 1. The van der Waals surface area contributed by atoms with Crippen molar-refractivity contribution >= 4 is 28.9 Å². The SMILES string of the molecule is C[C@@H](C(=O)Nc1ccc(F)c(Cl)c1)n1cc([N+](=O)[O-])cn1. The van der Waals surface area contributed by atoms with Crippen molar-refractivity contribution in [2.24, 2.45) is 0 Å². The number of hydrogen-bond donors (Lipinski definition) is 1. The number of anilines is 1. The van der Waals surface area contributed by atoms with Crippen LogP contribution in [0.4, 0.5) is 15.8 Å². The number of halogens is 2. The minimum Gasteiger partial charge on any atom is -0.324 e. The zero-order chi connectivity index (χ0) is 15.6. The van der Waals surface area contributed by atoms with Gasteiger partial charge in [0.1, 0.15) is 24.3 Å². The minimum absolute atomic E-state index is 0.116. The van der Waals surface area contributed by atoms with Crippen molar-refractivity contribution in [1.82, 2.24) is 9.78 Å². The lowest BCUT2D eigenvalue weighted by molar-refractivity contribution is -0.385. The van der Waals surface area contributed by atoms with Crippen molar-refractivity contribution in [2.45, 2.75) is 13.0 Å².